The van der Waals surface area contributed by atoms with Crippen molar-refractivity contribution in [3.05, 3.63) is 78.4 Å². The molecule has 0 unspecified atom stereocenters. The number of aliphatic hydroxyl groups excluding tert-OH is 1. The van der Waals surface area contributed by atoms with Crippen LogP contribution in [0.25, 0.3) is 11.1 Å². The molecule has 3 aromatic rings. The third-order valence-electron chi connectivity index (χ3n) is 7.23. The molecule has 1 aromatic heterocycles. The number of benzene rings is 2. The molecule has 3 heterocycles. The fourth-order valence-electron chi connectivity index (χ4n) is 5.46. The summed E-state index contributed by atoms with van der Waals surface area (Å²) in [7, 11) is -3.60. The molecular formula is C26H30N4O3S. The van der Waals surface area contributed by atoms with Crippen molar-refractivity contribution in [3.63, 3.8) is 0 Å². The first-order valence-electron chi connectivity index (χ1n) is 11.8. The van der Waals surface area contributed by atoms with Crippen LogP contribution in [0.1, 0.15) is 29.9 Å². The van der Waals surface area contributed by atoms with Crippen molar-refractivity contribution >= 4 is 10.0 Å². The Morgan fingerprint density at radius 3 is 2.38 bits per heavy atom. The van der Waals surface area contributed by atoms with Gasteiger partial charge in [0.25, 0.3) is 0 Å². The molecule has 5 rings (SSSR count). The number of sulfonamides is 1. The SMILES string of the molecule is Cc1ccccc1S(=O)(=O)N1CCCCN2[C@H](CO)[C@@H](c3ccc(-c4cncnc4)cc3)[C@H]2C1. The molecule has 34 heavy (non-hydrogen) atoms. The van der Waals surface area contributed by atoms with Gasteiger partial charge in [0.2, 0.25) is 10.0 Å². The van der Waals surface area contributed by atoms with Gasteiger partial charge in [0.15, 0.2) is 0 Å². The maximum Gasteiger partial charge on any atom is 0.243 e. The highest BCUT2D eigenvalue weighted by atomic mass is 32.2. The van der Waals surface area contributed by atoms with E-state index in [1.54, 1.807) is 28.8 Å². The summed E-state index contributed by atoms with van der Waals surface area (Å²) < 4.78 is 28.8. The van der Waals surface area contributed by atoms with E-state index < -0.39 is 10.0 Å². The predicted molar refractivity (Wildman–Crippen MR) is 131 cm³/mol. The van der Waals surface area contributed by atoms with Crippen molar-refractivity contribution in [3.8, 4) is 11.1 Å². The summed E-state index contributed by atoms with van der Waals surface area (Å²) in [4.78, 5) is 10.9. The molecule has 178 valence electrons. The Morgan fingerprint density at radius 1 is 0.971 bits per heavy atom. The summed E-state index contributed by atoms with van der Waals surface area (Å²) in [6, 6.07) is 15.5. The van der Waals surface area contributed by atoms with E-state index in [1.165, 1.54) is 6.33 Å². The lowest BCUT2D eigenvalue weighted by atomic mass is 9.74. The van der Waals surface area contributed by atoms with Gasteiger partial charge in [-0.2, -0.15) is 4.31 Å². The zero-order chi connectivity index (χ0) is 23.7. The van der Waals surface area contributed by atoms with Gasteiger partial charge >= 0.3 is 0 Å². The molecule has 0 spiro atoms. The molecule has 2 aliphatic heterocycles. The zero-order valence-electron chi connectivity index (χ0n) is 19.3. The quantitative estimate of drug-likeness (QED) is 0.607. The van der Waals surface area contributed by atoms with Gasteiger partial charge in [-0.1, -0.05) is 42.5 Å². The average molecular weight is 479 g/mol. The van der Waals surface area contributed by atoms with E-state index in [0.29, 0.717) is 18.0 Å². The van der Waals surface area contributed by atoms with Gasteiger partial charge in [0, 0.05) is 49.0 Å². The van der Waals surface area contributed by atoms with Crippen LogP contribution in [0.2, 0.25) is 0 Å². The van der Waals surface area contributed by atoms with Crippen molar-refractivity contribution in [2.75, 3.05) is 26.2 Å². The summed E-state index contributed by atoms with van der Waals surface area (Å²) in [5.74, 6) is 0.0683. The molecule has 3 atom stereocenters. The Bertz CT molecular complexity index is 1230. The third-order valence-corrected chi connectivity index (χ3v) is 9.26. The molecule has 0 amide bonds. The maximum absolute atomic E-state index is 13.6. The van der Waals surface area contributed by atoms with E-state index in [9.17, 15) is 13.5 Å². The molecule has 1 N–H and O–H groups in total. The Morgan fingerprint density at radius 2 is 1.68 bits per heavy atom. The molecule has 2 saturated heterocycles. The van der Waals surface area contributed by atoms with Gasteiger partial charge in [-0.3, -0.25) is 4.90 Å². The third kappa shape index (κ3) is 4.15. The minimum atomic E-state index is -3.60. The van der Waals surface area contributed by atoms with Gasteiger partial charge in [-0.05, 0) is 49.1 Å². The van der Waals surface area contributed by atoms with E-state index in [4.69, 9.17) is 0 Å². The van der Waals surface area contributed by atoms with Crippen LogP contribution in [0.3, 0.4) is 0 Å². The molecule has 2 fully saturated rings. The minimum absolute atomic E-state index is 0.00276. The van der Waals surface area contributed by atoms with Gasteiger partial charge in [-0.25, -0.2) is 18.4 Å². The molecule has 8 heteroatoms. The van der Waals surface area contributed by atoms with Crippen LogP contribution in [-0.4, -0.2) is 71.0 Å². The van der Waals surface area contributed by atoms with Crippen LogP contribution >= 0.6 is 0 Å². The van der Waals surface area contributed by atoms with E-state index in [2.05, 4.69) is 39.1 Å². The number of nitrogens with zero attached hydrogens (tertiary/aromatic N) is 4. The Hall–Kier alpha value is -2.65. The fraction of sp³-hybridized carbons (Fsp3) is 0.385. The number of fused-ring (bicyclic) bond motifs is 1. The van der Waals surface area contributed by atoms with Crippen molar-refractivity contribution in [1.82, 2.24) is 19.2 Å². The first kappa shape index (κ1) is 23.1. The van der Waals surface area contributed by atoms with Gasteiger partial charge in [-0.15, -0.1) is 0 Å². The van der Waals surface area contributed by atoms with Crippen LogP contribution in [0.4, 0.5) is 0 Å². The summed E-state index contributed by atoms with van der Waals surface area (Å²) >= 11 is 0. The van der Waals surface area contributed by atoms with E-state index >= 15 is 0 Å². The van der Waals surface area contributed by atoms with Crippen molar-refractivity contribution < 1.29 is 13.5 Å². The standard InChI is InChI=1S/C26H30N4O3S/c1-19-6-2-3-7-25(19)34(32,33)29-12-4-5-13-30-23(16-29)26(24(30)17-31)21-10-8-20(9-11-21)22-14-27-18-28-15-22/h2-3,6-11,14-15,18,23-24,26,31H,4-5,12-13,16-17H2,1H3/t23-,24-,26+/m1/s1. The van der Waals surface area contributed by atoms with Gasteiger partial charge < -0.3 is 5.11 Å². The van der Waals surface area contributed by atoms with E-state index in [1.807, 2.05) is 19.1 Å². The lowest BCUT2D eigenvalue weighted by molar-refractivity contribution is -0.0553. The summed E-state index contributed by atoms with van der Waals surface area (Å²) in [6.07, 6.45) is 6.80. The Labute approximate surface area is 201 Å². The lowest BCUT2D eigenvalue weighted by Crippen LogP contribution is -2.67. The number of aliphatic hydroxyl groups is 1. The van der Waals surface area contributed by atoms with Crippen LogP contribution in [0.15, 0.2) is 72.1 Å². The monoisotopic (exact) mass is 478 g/mol. The van der Waals surface area contributed by atoms with Crippen molar-refractivity contribution in [2.45, 2.75) is 42.7 Å². The average Bonchev–Trinajstić information content (AvgIpc) is 2.84. The first-order chi connectivity index (χ1) is 16.5. The largest absolute Gasteiger partial charge is 0.395 e. The highest BCUT2D eigenvalue weighted by Crippen LogP contribution is 2.43. The van der Waals surface area contributed by atoms with Crippen LogP contribution in [0, 0.1) is 6.92 Å². The molecule has 0 aliphatic carbocycles. The van der Waals surface area contributed by atoms with E-state index in [0.717, 1.165) is 41.6 Å². The molecule has 0 bridgehead atoms. The van der Waals surface area contributed by atoms with Crippen LogP contribution < -0.4 is 0 Å². The highest BCUT2D eigenvalue weighted by molar-refractivity contribution is 7.89. The molecular weight excluding hydrogens is 448 g/mol. The van der Waals surface area contributed by atoms with Crippen molar-refractivity contribution in [1.29, 1.82) is 0 Å². The number of aromatic nitrogens is 2. The zero-order valence-corrected chi connectivity index (χ0v) is 20.1. The minimum Gasteiger partial charge on any atom is -0.395 e. The second kappa shape index (κ2) is 9.54. The van der Waals surface area contributed by atoms with E-state index in [-0.39, 0.29) is 24.6 Å². The number of rotatable bonds is 5. The second-order valence-corrected chi connectivity index (χ2v) is 11.1. The summed E-state index contributed by atoms with van der Waals surface area (Å²) in [6.45, 7) is 3.72. The Balaban J connectivity index is 1.44. The van der Waals surface area contributed by atoms with Crippen LogP contribution in [0.5, 0.6) is 0 Å². The normalized spacial score (nSPS) is 24.0. The van der Waals surface area contributed by atoms with Crippen molar-refractivity contribution in [2.24, 2.45) is 0 Å². The predicted octanol–water partition coefficient (Wildman–Crippen LogP) is 3.07. The summed E-state index contributed by atoms with van der Waals surface area (Å²) in [5.41, 5.74) is 3.86. The number of hydrogen-bond donors (Lipinski definition) is 1. The summed E-state index contributed by atoms with van der Waals surface area (Å²) in [5, 5.41) is 10.2. The molecule has 0 radical (unpaired) electrons. The number of aryl methyl sites for hydroxylation is 1. The first-order valence-corrected chi connectivity index (χ1v) is 13.2. The van der Waals surface area contributed by atoms with Gasteiger partial charge in [0.05, 0.1) is 11.5 Å². The molecule has 0 saturated carbocycles. The lowest BCUT2D eigenvalue weighted by Gasteiger charge is -2.57. The number of hydrogen-bond acceptors (Lipinski definition) is 6. The molecule has 7 nitrogen and oxygen atoms in total. The van der Waals surface area contributed by atoms with Crippen LogP contribution in [-0.2, 0) is 10.0 Å². The highest BCUT2D eigenvalue weighted by Gasteiger charge is 2.50. The maximum atomic E-state index is 13.6. The second-order valence-electron chi connectivity index (χ2n) is 9.17. The fourth-order valence-corrected chi connectivity index (χ4v) is 7.18. The van der Waals surface area contributed by atoms with Gasteiger partial charge in [0.1, 0.15) is 6.33 Å². The smallest absolute Gasteiger partial charge is 0.243 e. The molecule has 2 aromatic carbocycles. The Kier molecular flexibility index (Phi) is 6.48. The molecule has 2 aliphatic rings. The topological polar surface area (TPSA) is 86.6 Å².